The topological polar surface area (TPSA) is 45.5 Å². The molecule has 1 fully saturated rings. The van der Waals surface area contributed by atoms with E-state index in [1.165, 1.54) is 11.1 Å². The van der Waals surface area contributed by atoms with Gasteiger partial charge in [-0.15, -0.1) is 0 Å². The lowest BCUT2D eigenvalue weighted by Gasteiger charge is -2.32. The summed E-state index contributed by atoms with van der Waals surface area (Å²) < 4.78 is 5.44. The van der Waals surface area contributed by atoms with Gasteiger partial charge in [-0.1, -0.05) is 62.4 Å². The molecule has 1 aliphatic rings. The second-order valence-electron chi connectivity index (χ2n) is 8.94. The van der Waals surface area contributed by atoms with Crippen molar-refractivity contribution >= 4 is 22.7 Å². The van der Waals surface area contributed by atoms with Crippen molar-refractivity contribution in [1.29, 1.82) is 0 Å². The second kappa shape index (κ2) is 9.97. The van der Waals surface area contributed by atoms with Crippen LogP contribution in [0.5, 0.6) is 0 Å². The molecule has 4 heteroatoms. The Hall–Kier alpha value is -2.85. The molecule has 4 rings (SSSR count). The zero-order valence-corrected chi connectivity index (χ0v) is 18.5. The van der Waals surface area contributed by atoms with Crippen molar-refractivity contribution in [2.45, 2.75) is 39.2 Å². The van der Waals surface area contributed by atoms with Gasteiger partial charge in [0, 0.05) is 37.1 Å². The van der Waals surface area contributed by atoms with E-state index in [0.717, 1.165) is 50.0 Å². The third-order valence-electron chi connectivity index (χ3n) is 5.87. The van der Waals surface area contributed by atoms with Gasteiger partial charge < -0.3 is 9.73 Å². The van der Waals surface area contributed by atoms with E-state index >= 15 is 0 Å². The monoisotopic (exact) mass is 416 g/mol. The maximum Gasteiger partial charge on any atom is 0.338 e. The van der Waals surface area contributed by atoms with Crippen LogP contribution in [0.3, 0.4) is 0 Å². The van der Waals surface area contributed by atoms with Gasteiger partial charge in [0.25, 0.3) is 0 Å². The van der Waals surface area contributed by atoms with E-state index in [4.69, 9.17) is 4.42 Å². The van der Waals surface area contributed by atoms with Crippen LogP contribution in [-0.4, -0.2) is 30.6 Å². The third-order valence-corrected chi connectivity index (χ3v) is 5.87. The highest BCUT2D eigenvalue weighted by molar-refractivity contribution is 5.90. The van der Waals surface area contributed by atoms with Crippen molar-refractivity contribution in [1.82, 2.24) is 4.90 Å². The SMILES string of the molecule is CC(C)Cc1ccc2oc(=O)cc(NC3CCN(C/C=C/c4ccccc4)CC3)c2c1. The number of nitrogens with zero attached hydrogens (tertiary/aromatic N) is 1. The standard InChI is InChI=1S/C27H32N2O2/c1-20(2)17-22-10-11-26-24(18-22)25(19-27(30)31-26)28-23-12-15-29(16-13-23)14-6-9-21-7-4-3-5-8-21/h3-11,18-20,23,28H,12-17H2,1-2H3/b9-6+. The van der Waals surface area contributed by atoms with Crippen LogP contribution in [0, 0.1) is 5.92 Å². The molecule has 4 nitrogen and oxygen atoms in total. The molecule has 0 bridgehead atoms. The molecule has 162 valence electrons. The van der Waals surface area contributed by atoms with Gasteiger partial charge in [0.2, 0.25) is 0 Å². The Morgan fingerprint density at radius 2 is 1.87 bits per heavy atom. The number of piperidine rings is 1. The maximum atomic E-state index is 12.1. The summed E-state index contributed by atoms with van der Waals surface area (Å²) in [5.74, 6) is 0.588. The first-order valence-electron chi connectivity index (χ1n) is 11.3. The normalized spacial score (nSPS) is 15.8. The van der Waals surface area contributed by atoms with Crippen molar-refractivity contribution in [3.8, 4) is 0 Å². The fraction of sp³-hybridized carbons (Fsp3) is 0.370. The summed E-state index contributed by atoms with van der Waals surface area (Å²) in [6.07, 6.45) is 7.58. The Bertz CT molecular complexity index is 1080. The van der Waals surface area contributed by atoms with E-state index in [1.54, 1.807) is 6.07 Å². The van der Waals surface area contributed by atoms with Gasteiger partial charge in [0.1, 0.15) is 5.58 Å². The van der Waals surface area contributed by atoms with Crippen molar-refractivity contribution in [2.75, 3.05) is 25.0 Å². The van der Waals surface area contributed by atoms with E-state index < -0.39 is 0 Å². The van der Waals surface area contributed by atoms with Crippen molar-refractivity contribution in [3.63, 3.8) is 0 Å². The summed E-state index contributed by atoms with van der Waals surface area (Å²) in [6.45, 7) is 7.51. The molecule has 0 atom stereocenters. The number of benzene rings is 2. The first kappa shape index (κ1) is 21.4. The minimum absolute atomic E-state index is 0.296. The Labute approximate surface area is 184 Å². The van der Waals surface area contributed by atoms with Crippen LogP contribution >= 0.6 is 0 Å². The van der Waals surface area contributed by atoms with Crippen LogP contribution in [-0.2, 0) is 6.42 Å². The number of likely N-dealkylation sites (tertiary alicyclic amines) is 1. The Morgan fingerprint density at radius 1 is 1.10 bits per heavy atom. The number of anilines is 1. The molecule has 0 spiro atoms. The lowest BCUT2D eigenvalue weighted by Crippen LogP contribution is -2.39. The summed E-state index contributed by atoms with van der Waals surface area (Å²) in [6, 6.07) is 18.6. The lowest BCUT2D eigenvalue weighted by molar-refractivity contribution is 0.240. The predicted octanol–water partition coefficient (Wildman–Crippen LogP) is 5.58. The summed E-state index contributed by atoms with van der Waals surface area (Å²) in [5.41, 5.74) is 3.78. The van der Waals surface area contributed by atoms with Crippen LogP contribution < -0.4 is 10.9 Å². The smallest absolute Gasteiger partial charge is 0.338 e. The van der Waals surface area contributed by atoms with Crippen LogP contribution in [0.2, 0.25) is 0 Å². The lowest BCUT2D eigenvalue weighted by atomic mass is 10.00. The molecule has 2 aromatic carbocycles. The molecule has 0 unspecified atom stereocenters. The summed E-state index contributed by atoms with van der Waals surface area (Å²) >= 11 is 0. The molecular weight excluding hydrogens is 384 g/mol. The first-order chi connectivity index (χ1) is 15.1. The van der Waals surface area contributed by atoms with E-state index in [2.05, 4.69) is 72.6 Å². The molecule has 0 aliphatic carbocycles. The Kier molecular flexibility index (Phi) is 6.88. The average Bonchev–Trinajstić information content (AvgIpc) is 2.76. The molecule has 31 heavy (non-hydrogen) atoms. The molecule has 0 amide bonds. The first-order valence-corrected chi connectivity index (χ1v) is 11.3. The van der Waals surface area contributed by atoms with E-state index in [9.17, 15) is 4.79 Å². The van der Waals surface area contributed by atoms with Crippen molar-refractivity contribution in [3.05, 3.63) is 82.2 Å². The van der Waals surface area contributed by atoms with Gasteiger partial charge in [-0.3, -0.25) is 4.90 Å². The molecule has 1 aliphatic heterocycles. The van der Waals surface area contributed by atoms with Gasteiger partial charge >= 0.3 is 5.63 Å². The molecule has 0 saturated carbocycles. The van der Waals surface area contributed by atoms with E-state index in [0.29, 0.717) is 17.5 Å². The van der Waals surface area contributed by atoms with Gasteiger partial charge in [0.05, 0.1) is 5.69 Å². The highest BCUT2D eigenvalue weighted by Crippen LogP contribution is 2.26. The fourth-order valence-corrected chi connectivity index (χ4v) is 4.31. The summed E-state index contributed by atoms with van der Waals surface area (Å²) in [7, 11) is 0. The summed E-state index contributed by atoms with van der Waals surface area (Å²) in [5, 5.41) is 4.65. The third kappa shape index (κ3) is 5.86. The number of hydrogen-bond acceptors (Lipinski definition) is 4. The van der Waals surface area contributed by atoms with Crippen molar-refractivity contribution < 1.29 is 4.42 Å². The van der Waals surface area contributed by atoms with Gasteiger partial charge in [0.15, 0.2) is 0 Å². The predicted molar refractivity (Wildman–Crippen MR) is 130 cm³/mol. The van der Waals surface area contributed by atoms with Gasteiger partial charge in [-0.05, 0) is 48.4 Å². The molecule has 0 radical (unpaired) electrons. The second-order valence-corrected chi connectivity index (χ2v) is 8.94. The molecule has 1 N–H and O–H groups in total. The largest absolute Gasteiger partial charge is 0.423 e. The van der Waals surface area contributed by atoms with E-state index in [1.807, 2.05) is 12.1 Å². The maximum absolute atomic E-state index is 12.1. The number of rotatable bonds is 7. The minimum atomic E-state index is -0.296. The molecule has 1 aromatic heterocycles. The molecule has 3 aromatic rings. The van der Waals surface area contributed by atoms with Crippen molar-refractivity contribution in [2.24, 2.45) is 5.92 Å². The van der Waals surface area contributed by atoms with E-state index in [-0.39, 0.29) is 5.63 Å². The summed E-state index contributed by atoms with van der Waals surface area (Å²) in [4.78, 5) is 14.6. The number of fused-ring (bicyclic) bond motifs is 1. The van der Waals surface area contributed by atoms with Crippen LogP contribution in [0.15, 0.2) is 69.9 Å². The van der Waals surface area contributed by atoms with Gasteiger partial charge in [-0.2, -0.15) is 0 Å². The van der Waals surface area contributed by atoms with Gasteiger partial charge in [-0.25, -0.2) is 4.79 Å². The molecule has 1 saturated heterocycles. The number of nitrogens with one attached hydrogen (secondary N) is 1. The highest BCUT2D eigenvalue weighted by atomic mass is 16.4. The van der Waals surface area contributed by atoms with Crippen LogP contribution in [0.25, 0.3) is 17.0 Å². The minimum Gasteiger partial charge on any atom is -0.423 e. The molecular formula is C27H32N2O2. The molecule has 2 heterocycles. The Balaban J connectivity index is 1.38. The number of hydrogen-bond donors (Lipinski definition) is 1. The highest BCUT2D eigenvalue weighted by Gasteiger charge is 2.19. The Morgan fingerprint density at radius 3 is 2.61 bits per heavy atom. The zero-order chi connectivity index (χ0) is 21.6. The van der Waals surface area contributed by atoms with Crippen LogP contribution in [0.1, 0.15) is 37.8 Å². The van der Waals surface area contributed by atoms with Crippen LogP contribution in [0.4, 0.5) is 5.69 Å². The average molecular weight is 417 g/mol. The zero-order valence-electron chi connectivity index (χ0n) is 18.5. The fourth-order valence-electron chi connectivity index (χ4n) is 4.31. The quantitative estimate of drug-likeness (QED) is 0.511.